The zero-order valence-electron chi connectivity index (χ0n) is 8.55. The lowest BCUT2D eigenvalue weighted by molar-refractivity contribution is -0.122. The summed E-state index contributed by atoms with van der Waals surface area (Å²) in [6.45, 7) is 0.932. The van der Waals surface area contributed by atoms with Crippen molar-refractivity contribution in [1.82, 2.24) is 5.32 Å². The topological polar surface area (TPSA) is 41.1 Å². The van der Waals surface area contributed by atoms with Gasteiger partial charge in [0.1, 0.15) is 5.54 Å². The van der Waals surface area contributed by atoms with Gasteiger partial charge < -0.3 is 5.32 Å². The van der Waals surface area contributed by atoms with E-state index in [4.69, 9.17) is 0 Å². The third-order valence-electron chi connectivity index (χ3n) is 3.43. The van der Waals surface area contributed by atoms with Gasteiger partial charge in [-0.3, -0.25) is 10.1 Å². The number of nitrogens with one attached hydrogen (secondary N) is 2. The van der Waals surface area contributed by atoms with Gasteiger partial charge in [-0.25, -0.2) is 0 Å². The van der Waals surface area contributed by atoms with Gasteiger partial charge in [-0.2, -0.15) is 0 Å². The van der Waals surface area contributed by atoms with Crippen molar-refractivity contribution in [2.24, 2.45) is 0 Å². The summed E-state index contributed by atoms with van der Waals surface area (Å²) in [6, 6.07) is 7.97. The van der Waals surface area contributed by atoms with Crippen LogP contribution in [0.2, 0.25) is 0 Å². The van der Waals surface area contributed by atoms with E-state index < -0.39 is 5.54 Å². The molecule has 2 N–H and O–H groups in total. The fourth-order valence-corrected chi connectivity index (χ4v) is 2.64. The molecule has 0 aromatic heterocycles. The SMILES string of the molecule is O=C1Nc2ccccc2C12CCCCN2. The lowest BCUT2D eigenvalue weighted by Crippen LogP contribution is -2.50. The second kappa shape index (κ2) is 3.07. The lowest BCUT2D eigenvalue weighted by Gasteiger charge is -2.32. The first-order valence-corrected chi connectivity index (χ1v) is 5.49. The maximum atomic E-state index is 12.0. The molecular formula is C12H14N2O. The fraction of sp³-hybridized carbons (Fsp3) is 0.417. The third kappa shape index (κ3) is 1.13. The molecule has 3 heteroatoms. The molecule has 0 radical (unpaired) electrons. The van der Waals surface area contributed by atoms with Crippen LogP contribution in [0.5, 0.6) is 0 Å². The number of amides is 1. The highest BCUT2D eigenvalue weighted by Gasteiger charge is 2.46. The Morgan fingerprint density at radius 2 is 2.07 bits per heavy atom. The molecule has 0 aliphatic carbocycles. The molecule has 1 saturated heterocycles. The Kier molecular flexibility index (Phi) is 1.83. The number of hydrogen-bond acceptors (Lipinski definition) is 2. The molecule has 1 spiro atoms. The van der Waals surface area contributed by atoms with Gasteiger partial charge in [0.15, 0.2) is 0 Å². The number of piperidine rings is 1. The molecule has 1 fully saturated rings. The minimum absolute atomic E-state index is 0.114. The van der Waals surface area contributed by atoms with Crippen molar-refractivity contribution in [2.75, 3.05) is 11.9 Å². The van der Waals surface area contributed by atoms with Crippen LogP contribution in [0.4, 0.5) is 5.69 Å². The Hall–Kier alpha value is -1.35. The van der Waals surface area contributed by atoms with Crippen LogP contribution in [0.15, 0.2) is 24.3 Å². The van der Waals surface area contributed by atoms with Gasteiger partial charge in [-0.1, -0.05) is 18.2 Å². The maximum Gasteiger partial charge on any atom is 0.249 e. The van der Waals surface area contributed by atoms with Crippen molar-refractivity contribution in [2.45, 2.75) is 24.8 Å². The first-order valence-electron chi connectivity index (χ1n) is 5.49. The highest BCUT2D eigenvalue weighted by molar-refractivity contribution is 6.05. The molecule has 1 aromatic rings. The predicted octanol–water partition coefficient (Wildman–Crippen LogP) is 1.61. The van der Waals surface area contributed by atoms with E-state index in [0.29, 0.717) is 0 Å². The highest BCUT2D eigenvalue weighted by Crippen LogP contribution is 2.40. The summed E-state index contributed by atoms with van der Waals surface area (Å²) in [4.78, 5) is 12.0. The summed E-state index contributed by atoms with van der Waals surface area (Å²) in [5, 5.41) is 6.34. The van der Waals surface area contributed by atoms with Crippen LogP contribution >= 0.6 is 0 Å². The predicted molar refractivity (Wildman–Crippen MR) is 58.6 cm³/mol. The molecule has 1 amide bonds. The maximum absolute atomic E-state index is 12.0. The first-order chi connectivity index (χ1) is 7.33. The molecule has 2 aliphatic heterocycles. The molecule has 0 bridgehead atoms. The standard InChI is InChI=1S/C12H14N2O/c15-11-12(7-3-4-8-13-12)9-5-1-2-6-10(9)14-11/h1-2,5-6,13H,3-4,7-8H2,(H,14,15). The van der Waals surface area contributed by atoms with Crippen LogP contribution in [-0.2, 0) is 10.3 Å². The Labute approximate surface area is 88.9 Å². The normalized spacial score (nSPS) is 28.9. The van der Waals surface area contributed by atoms with Gasteiger partial charge in [0.25, 0.3) is 0 Å². The van der Waals surface area contributed by atoms with Gasteiger partial charge in [0, 0.05) is 11.3 Å². The van der Waals surface area contributed by atoms with E-state index in [0.717, 1.165) is 37.1 Å². The summed E-state index contributed by atoms with van der Waals surface area (Å²) in [5.41, 5.74) is 1.65. The largest absolute Gasteiger partial charge is 0.324 e. The lowest BCUT2D eigenvalue weighted by atomic mass is 9.83. The molecule has 1 unspecified atom stereocenters. The molecule has 78 valence electrons. The number of benzene rings is 1. The quantitative estimate of drug-likeness (QED) is 0.671. The highest BCUT2D eigenvalue weighted by atomic mass is 16.2. The molecule has 3 rings (SSSR count). The van der Waals surface area contributed by atoms with Crippen molar-refractivity contribution in [3.63, 3.8) is 0 Å². The number of anilines is 1. The van der Waals surface area contributed by atoms with Gasteiger partial charge >= 0.3 is 0 Å². The minimum atomic E-state index is -0.436. The number of carbonyl (C=O) groups excluding carboxylic acids is 1. The number of hydrogen-bond donors (Lipinski definition) is 2. The Morgan fingerprint density at radius 1 is 1.20 bits per heavy atom. The van der Waals surface area contributed by atoms with E-state index in [2.05, 4.69) is 10.6 Å². The van der Waals surface area contributed by atoms with E-state index in [1.807, 2.05) is 24.3 Å². The van der Waals surface area contributed by atoms with Crippen LogP contribution in [0.25, 0.3) is 0 Å². The molecule has 3 nitrogen and oxygen atoms in total. The van der Waals surface area contributed by atoms with Crippen molar-refractivity contribution >= 4 is 11.6 Å². The molecule has 2 heterocycles. The summed E-state index contributed by atoms with van der Waals surface area (Å²) >= 11 is 0. The van der Waals surface area contributed by atoms with Crippen molar-refractivity contribution in [3.8, 4) is 0 Å². The van der Waals surface area contributed by atoms with E-state index in [9.17, 15) is 4.79 Å². The van der Waals surface area contributed by atoms with Crippen molar-refractivity contribution in [3.05, 3.63) is 29.8 Å². The van der Waals surface area contributed by atoms with Gasteiger partial charge in [0.2, 0.25) is 5.91 Å². The van der Waals surface area contributed by atoms with Crippen molar-refractivity contribution < 1.29 is 4.79 Å². The monoisotopic (exact) mass is 202 g/mol. The number of fused-ring (bicyclic) bond motifs is 2. The second-order valence-corrected chi connectivity index (χ2v) is 4.29. The average molecular weight is 202 g/mol. The zero-order valence-corrected chi connectivity index (χ0v) is 8.55. The van der Waals surface area contributed by atoms with Crippen LogP contribution in [0.1, 0.15) is 24.8 Å². The molecule has 2 aliphatic rings. The van der Waals surface area contributed by atoms with Crippen LogP contribution < -0.4 is 10.6 Å². The van der Waals surface area contributed by atoms with Gasteiger partial charge in [-0.15, -0.1) is 0 Å². The fourth-order valence-electron chi connectivity index (χ4n) is 2.64. The first kappa shape index (κ1) is 8.92. The van der Waals surface area contributed by atoms with E-state index in [1.54, 1.807) is 0 Å². The molecule has 0 saturated carbocycles. The molecule has 1 aromatic carbocycles. The van der Waals surface area contributed by atoms with Crippen molar-refractivity contribution in [1.29, 1.82) is 0 Å². The van der Waals surface area contributed by atoms with E-state index in [1.165, 1.54) is 0 Å². The Bertz CT molecular complexity index is 408. The third-order valence-corrected chi connectivity index (χ3v) is 3.43. The Morgan fingerprint density at radius 3 is 2.87 bits per heavy atom. The van der Waals surface area contributed by atoms with Crippen LogP contribution in [0.3, 0.4) is 0 Å². The average Bonchev–Trinajstić information content (AvgIpc) is 2.55. The molecule has 15 heavy (non-hydrogen) atoms. The Balaban J connectivity index is 2.11. The minimum Gasteiger partial charge on any atom is -0.324 e. The summed E-state index contributed by atoms with van der Waals surface area (Å²) in [6.07, 6.45) is 3.20. The van der Waals surface area contributed by atoms with Gasteiger partial charge in [-0.05, 0) is 31.9 Å². The summed E-state index contributed by atoms with van der Waals surface area (Å²) in [7, 11) is 0. The second-order valence-electron chi connectivity index (χ2n) is 4.29. The summed E-state index contributed by atoms with van der Waals surface area (Å²) < 4.78 is 0. The van der Waals surface area contributed by atoms with Crippen LogP contribution in [0, 0.1) is 0 Å². The summed E-state index contributed by atoms with van der Waals surface area (Å²) in [5.74, 6) is 0.114. The van der Waals surface area contributed by atoms with Crippen LogP contribution in [-0.4, -0.2) is 12.5 Å². The smallest absolute Gasteiger partial charge is 0.249 e. The number of rotatable bonds is 0. The number of para-hydroxylation sites is 1. The molecule has 1 atom stereocenters. The van der Waals surface area contributed by atoms with Gasteiger partial charge in [0.05, 0.1) is 0 Å². The van der Waals surface area contributed by atoms with E-state index >= 15 is 0 Å². The zero-order chi connectivity index (χ0) is 10.3. The number of carbonyl (C=O) groups is 1. The molecular weight excluding hydrogens is 188 g/mol. The van der Waals surface area contributed by atoms with E-state index in [-0.39, 0.29) is 5.91 Å².